The van der Waals surface area contributed by atoms with Crippen molar-refractivity contribution in [1.29, 1.82) is 0 Å². The lowest BCUT2D eigenvalue weighted by atomic mass is 10.1. The minimum atomic E-state index is -0.482. The summed E-state index contributed by atoms with van der Waals surface area (Å²) in [4.78, 5) is 36.1. The highest BCUT2D eigenvalue weighted by Gasteiger charge is 2.40. The van der Waals surface area contributed by atoms with Crippen LogP contribution in [0.4, 0.5) is 0 Å². The number of imide groups is 1. The second-order valence-corrected chi connectivity index (χ2v) is 3.84. The van der Waals surface area contributed by atoms with Crippen LogP contribution in [0.5, 0.6) is 0 Å². The summed E-state index contributed by atoms with van der Waals surface area (Å²) >= 11 is 0. The van der Waals surface area contributed by atoms with Gasteiger partial charge in [-0.2, -0.15) is 0 Å². The number of benzene rings is 1. The third-order valence-electron chi connectivity index (χ3n) is 2.66. The lowest BCUT2D eigenvalue weighted by molar-refractivity contribution is -0.144. The number of carbonyl (C=O) groups excluding carboxylic acids is 3. The standard InChI is InChI=1S/C13H12NO4/c1-3-11(15)18-8(2)14-12(16)9-6-4-5-7-10(9)13(14)17/h4-7H,3H2,1-2H3. The van der Waals surface area contributed by atoms with E-state index in [0.29, 0.717) is 11.1 Å². The molecule has 0 unspecified atom stereocenters. The Kier molecular flexibility index (Phi) is 3.14. The molecule has 0 aromatic heterocycles. The molecular formula is C13H12NO4. The molecule has 0 N–H and O–H groups in total. The molecule has 0 spiro atoms. The first-order valence-corrected chi connectivity index (χ1v) is 5.58. The molecule has 0 aliphatic carbocycles. The zero-order chi connectivity index (χ0) is 13.3. The number of nitrogens with zero attached hydrogens (tertiary/aromatic N) is 1. The third-order valence-corrected chi connectivity index (χ3v) is 2.66. The monoisotopic (exact) mass is 246 g/mol. The van der Waals surface area contributed by atoms with Crippen LogP contribution in [0.2, 0.25) is 0 Å². The van der Waals surface area contributed by atoms with Crippen molar-refractivity contribution in [2.75, 3.05) is 0 Å². The van der Waals surface area contributed by atoms with E-state index < -0.39 is 17.8 Å². The van der Waals surface area contributed by atoms with Crippen molar-refractivity contribution in [3.8, 4) is 0 Å². The topological polar surface area (TPSA) is 63.7 Å². The number of esters is 1. The molecule has 1 aromatic carbocycles. The van der Waals surface area contributed by atoms with Gasteiger partial charge in [-0.3, -0.25) is 14.4 Å². The van der Waals surface area contributed by atoms with E-state index in [1.54, 1.807) is 31.2 Å². The van der Waals surface area contributed by atoms with Gasteiger partial charge in [0.2, 0.25) is 0 Å². The van der Waals surface area contributed by atoms with Gasteiger partial charge in [-0.1, -0.05) is 19.1 Å². The van der Waals surface area contributed by atoms with Crippen LogP contribution in [-0.2, 0) is 9.53 Å². The second kappa shape index (κ2) is 4.60. The highest BCUT2D eigenvalue weighted by Crippen LogP contribution is 2.27. The van der Waals surface area contributed by atoms with Gasteiger partial charge in [-0.05, 0) is 12.1 Å². The summed E-state index contributed by atoms with van der Waals surface area (Å²) in [5.41, 5.74) is 0.656. The SMILES string of the molecule is CCC(=O)O[C](C)N1C(=O)c2ccccc2C1=O. The number of ether oxygens (including phenoxy) is 1. The fourth-order valence-corrected chi connectivity index (χ4v) is 1.76. The fraction of sp³-hybridized carbons (Fsp3) is 0.231. The average Bonchev–Trinajstić information content (AvgIpc) is 2.62. The van der Waals surface area contributed by atoms with Gasteiger partial charge in [0.25, 0.3) is 18.0 Å². The highest BCUT2D eigenvalue weighted by molar-refractivity contribution is 6.22. The van der Waals surface area contributed by atoms with Crippen LogP contribution in [0.1, 0.15) is 41.0 Å². The van der Waals surface area contributed by atoms with Crippen LogP contribution < -0.4 is 0 Å². The molecule has 0 atom stereocenters. The van der Waals surface area contributed by atoms with Crippen molar-refractivity contribution >= 4 is 17.8 Å². The zero-order valence-electron chi connectivity index (χ0n) is 10.1. The summed E-state index contributed by atoms with van der Waals surface area (Å²) in [6, 6.07) is 6.51. The van der Waals surface area contributed by atoms with Crippen molar-refractivity contribution in [1.82, 2.24) is 4.90 Å². The first kappa shape index (κ1) is 12.3. The van der Waals surface area contributed by atoms with Crippen LogP contribution in [-0.4, -0.2) is 22.7 Å². The minimum absolute atomic E-state index is 0.00644. The third kappa shape index (κ3) is 1.88. The maximum Gasteiger partial charge on any atom is 0.307 e. The van der Waals surface area contributed by atoms with Crippen molar-refractivity contribution in [3.63, 3.8) is 0 Å². The first-order chi connectivity index (χ1) is 8.56. The molecule has 0 bridgehead atoms. The number of hydrogen-bond acceptors (Lipinski definition) is 4. The predicted molar refractivity (Wildman–Crippen MR) is 62.2 cm³/mol. The molecule has 0 saturated carbocycles. The van der Waals surface area contributed by atoms with E-state index >= 15 is 0 Å². The Hall–Kier alpha value is -2.17. The van der Waals surface area contributed by atoms with Crippen LogP contribution in [0.15, 0.2) is 24.3 Å². The summed E-state index contributed by atoms with van der Waals surface area (Å²) in [7, 11) is 0. The molecule has 5 heteroatoms. The molecule has 2 amide bonds. The smallest absolute Gasteiger partial charge is 0.307 e. The molecule has 0 fully saturated rings. The molecule has 1 aromatic rings. The van der Waals surface area contributed by atoms with Crippen LogP contribution in [0, 0.1) is 6.23 Å². The summed E-state index contributed by atoms with van der Waals surface area (Å²) in [6.45, 7) is 3.06. The lowest BCUT2D eigenvalue weighted by Gasteiger charge is -2.20. The van der Waals surface area contributed by atoms with Gasteiger partial charge in [-0.25, -0.2) is 4.90 Å². The summed E-state index contributed by atoms with van der Waals surface area (Å²) in [5.74, 6) is -1.40. The number of rotatable bonds is 3. The van der Waals surface area contributed by atoms with Crippen LogP contribution in [0.25, 0.3) is 0 Å². The quantitative estimate of drug-likeness (QED) is 0.602. The Balaban J connectivity index is 2.25. The van der Waals surface area contributed by atoms with Crippen molar-refractivity contribution in [2.24, 2.45) is 0 Å². The maximum atomic E-state index is 12.0. The van der Waals surface area contributed by atoms with Gasteiger partial charge in [0.1, 0.15) is 0 Å². The molecule has 1 heterocycles. The lowest BCUT2D eigenvalue weighted by Crippen LogP contribution is -2.35. The molecule has 5 nitrogen and oxygen atoms in total. The number of amides is 2. The number of carbonyl (C=O) groups is 3. The van der Waals surface area contributed by atoms with E-state index in [4.69, 9.17) is 4.74 Å². The summed E-state index contributed by atoms with van der Waals surface area (Å²) < 4.78 is 4.92. The molecule has 1 radical (unpaired) electrons. The molecule has 2 rings (SSSR count). The number of fused-ring (bicyclic) bond motifs is 1. The summed E-state index contributed by atoms with van der Waals surface area (Å²) in [5, 5.41) is 0. The average molecular weight is 246 g/mol. The predicted octanol–water partition coefficient (Wildman–Crippen LogP) is 1.75. The second-order valence-electron chi connectivity index (χ2n) is 3.84. The van der Waals surface area contributed by atoms with Crippen LogP contribution in [0.3, 0.4) is 0 Å². The van der Waals surface area contributed by atoms with Gasteiger partial charge in [0.15, 0.2) is 0 Å². The minimum Gasteiger partial charge on any atom is -0.432 e. The molecule has 18 heavy (non-hydrogen) atoms. The zero-order valence-corrected chi connectivity index (χ0v) is 10.1. The molecular weight excluding hydrogens is 234 g/mol. The normalized spacial score (nSPS) is 14.1. The molecule has 93 valence electrons. The van der Waals surface area contributed by atoms with E-state index in [2.05, 4.69) is 0 Å². The van der Waals surface area contributed by atoms with Gasteiger partial charge >= 0.3 is 5.97 Å². The maximum absolute atomic E-state index is 12.0. The van der Waals surface area contributed by atoms with Crippen molar-refractivity contribution in [2.45, 2.75) is 20.3 Å². The Labute approximate surface area is 104 Å². The largest absolute Gasteiger partial charge is 0.432 e. The van der Waals surface area contributed by atoms with E-state index in [9.17, 15) is 14.4 Å². The van der Waals surface area contributed by atoms with E-state index in [1.807, 2.05) is 0 Å². The fourth-order valence-electron chi connectivity index (χ4n) is 1.76. The molecule has 1 aliphatic heterocycles. The van der Waals surface area contributed by atoms with Gasteiger partial charge in [0, 0.05) is 13.3 Å². The van der Waals surface area contributed by atoms with Gasteiger partial charge in [0.05, 0.1) is 11.1 Å². The Morgan fingerprint density at radius 2 is 1.67 bits per heavy atom. The van der Waals surface area contributed by atoms with Crippen molar-refractivity contribution in [3.05, 3.63) is 41.6 Å². The Morgan fingerprint density at radius 3 is 2.11 bits per heavy atom. The Morgan fingerprint density at radius 1 is 1.17 bits per heavy atom. The van der Waals surface area contributed by atoms with E-state index in [-0.39, 0.29) is 12.6 Å². The van der Waals surface area contributed by atoms with Crippen molar-refractivity contribution < 1.29 is 19.1 Å². The summed E-state index contributed by atoms with van der Waals surface area (Å²) in [6.07, 6.45) is 0.175. The van der Waals surface area contributed by atoms with Crippen LogP contribution >= 0.6 is 0 Å². The van der Waals surface area contributed by atoms with Gasteiger partial charge in [-0.15, -0.1) is 0 Å². The Bertz CT molecular complexity index is 488. The first-order valence-electron chi connectivity index (χ1n) is 5.58. The van der Waals surface area contributed by atoms with E-state index in [0.717, 1.165) is 4.90 Å². The van der Waals surface area contributed by atoms with Gasteiger partial charge < -0.3 is 4.74 Å². The van der Waals surface area contributed by atoms with E-state index in [1.165, 1.54) is 6.92 Å². The molecule has 1 aliphatic rings. The molecule has 0 saturated heterocycles. The highest BCUT2D eigenvalue weighted by atomic mass is 16.6. The number of hydrogen-bond donors (Lipinski definition) is 0.